The Labute approximate surface area is 160 Å². The molecule has 3 rings (SSSR count). The Morgan fingerprint density at radius 1 is 1.31 bits per heavy atom. The Morgan fingerprint density at radius 2 is 2.08 bits per heavy atom. The molecule has 9 heteroatoms. The van der Waals surface area contributed by atoms with Gasteiger partial charge in [0.05, 0.1) is 18.1 Å². The highest BCUT2D eigenvalue weighted by molar-refractivity contribution is 7.89. The van der Waals surface area contributed by atoms with Crippen molar-refractivity contribution in [3.63, 3.8) is 0 Å². The summed E-state index contributed by atoms with van der Waals surface area (Å²) in [4.78, 5) is 12.5. The maximum atomic E-state index is 12.7. The van der Waals surface area contributed by atoms with Crippen LogP contribution in [0.2, 0.25) is 0 Å². The highest BCUT2D eigenvalue weighted by Gasteiger charge is 2.27. The van der Waals surface area contributed by atoms with Gasteiger partial charge in [0.25, 0.3) is 5.91 Å². The lowest BCUT2D eigenvalue weighted by atomic mass is 10.00. The normalized spacial score (nSPS) is 21.6. The van der Waals surface area contributed by atoms with Gasteiger partial charge in [-0.05, 0) is 50.0 Å². The van der Waals surface area contributed by atoms with E-state index in [1.54, 1.807) is 12.1 Å². The predicted octanol–water partition coefficient (Wildman–Crippen LogP) is 0.859. The number of nitrogens with one attached hydrogen (secondary N) is 2. The van der Waals surface area contributed by atoms with E-state index in [1.807, 2.05) is 0 Å². The summed E-state index contributed by atoms with van der Waals surface area (Å²) in [5, 5.41) is 6.24. The number of piperidine rings is 1. The smallest absolute Gasteiger partial charge is 0.251 e. The van der Waals surface area contributed by atoms with Crippen molar-refractivity contribution in [1.29, 1.82) is 0 Å². The van der Waals surface area contributed by atoms with E-state index in [4.69, 9.17) is 4.74 Å². The van der Waals surface area contributed by atoms with Crippen molar-refractivity contribution in [3.8, 4) is 0 Å². The lowest BCUT2D eigenvalue weighted by molar-refractivity contribution is 0.0730. The van der Waals surface area contributed by atoms with Gasteiger partial charge in [0.15, 0.2) is 0 Å². The summed E-state index contributed by atoms with van der Waals surface area (Å²) >= 11 is 0. The zero-order valence-electron chi connectivity index (χ0n) is 14.6. The number of nitrogens with zero attached hydrogens (tertiary/aromatic N) is 1. The van der Waals surface area contributed by atoms with E-state index in [0.29, 0.717) is 44.3 Å². The molecule has 0 aliphatic carbocycles. The summed E-state index contributed by atoms with van der Waals surface area (Å²) in [6.07, 6.45) is 2.21. The molecule has 1 atom stereocenters. The molecule has 2 saturated heterocycles. The summed E-state index contributed by atoms with van der Waals surface area (Å²) in [6, 6.07) is 6.25. The first-order chi connectivity index (χ1) is 12.1. The minimum Gasteiger partial charge on any atom is -0.379 e. The summed E-state index contributed by atoms with van der Waals surface area (Å²) in [6.45, 7) is 4.02. The van der Waals surface area contributed by atoms with Gasteiger partial charge in [0.2, 0.25) is 10.0 Å². The Hall–Kier alpha value is -1.19. The number of benzene rings is 1. The van der Waals surface area contributed by atoms with Gasteiger partial charge in [-0.15, -0.1) is 12.4 Å². The van der Waals surface area contributed by atoms with Gasteiger partial charge in [-0.2, -0.15) is 4.31 Å². The Morgan fingerprint density at radius 3 is 2.77 bits per heavy atom. The van der Waals surface area contributed by atoms with E-state index >= 15 is 0 Å². The maximum Gasteiger partial charge on any atom is 0.251 e. The van der Waals surface area contributed by atoms with Crippen molar-refractivity contribution < 1.29 is 17.9 Å². The fourth-order valence-corrected chi connectivity index (χ4v) is 4.63. The first-order valence-corrected chi connectivity index (χ1v) is 10.2. The lowest BCUT2D eigenvalue weighted by Crippen LogP contribution is -2.40. The number of carbonyl (C=O) groups excluding carboxylic acids is 1. The molecule has 26 heavy (non-hydrogen) atoms. The average molecular weight is 404 g/mol. The van der Waals surface area contributed by atoms with Crippen molar-refractivity contribution in [2.75, 3.05) is 45.9 Å². The SMILES string of the molecule is Cl.O=C(NCC1CCCNC1)c1cccc(S(=O)(=O)N2CCOCC2)c1. The van der Waals surface area contributed by atoms with Crippen LogP contribution in [0.3, 0.4) is 0 Å². The minimum atomic E-state index is -3.59. The molecule has 1 amide bonds. The average Bonchev–Trinajstić information content (AvgIpc) is 2.67. The number of rotatable bonds is 5. The Balaban J connectivity index is 0.00000243. The topological polar surface area (TPSA) is 87.7 Å². The third-order valence-electron chi connectivity index (χ3n) is 4.65. The molecule has 0 bridgehead atoms. The first kappa shape index (κ1) is 21.1. The number of hydrogen-bond donors (Lipinski definition) is 2. The summed E-state index contributed by atoms with van der Waals surface area (Å²) in [5.41, 5.74) is 0.373. The van der Waals surface area contributed by atoms with E-state index in [9.17, 15) is 13.2 Å². The van der Waals surface area contributed by atoms with Crippen molar-refractivity contribution in [2.45, 2.75) is 17.7 Å². The summed E-state index contributed by atoms with van der Waals surface area (Å²) in [7, 11) is -3.59. The van der Waals surface area contributed by atoms with Crippen LogP contribution in [-0.2, 0) is 14.8 Å². The van der Waals surface area contributed by atoms with Gasteiger partial charge in [-0.25, -0.2) is 8.42 Å². The number of halogens is 1. The predicted molar refractivity (Wildman–Crippen MR) is 101 cm³/mol. The maximum absolute atomic E-state index is 12.7. The van der Waals surface area contributed by atoms with Crippen LogP contribution in [0.1, 0.15) is 23.2 Å². The summed E-state index contributed by atoms with van der Waals surface area (Å²) in [5.74, 6) is 0.197. The van der Waals surface area contributed by atoms with Gasteiger partial charge in [0.1, 0.15) is 0 Å². The molecule has 2 aliphatic heterocycles. The molecule has 2 aliphatic rings. The molecule has 7 nitrogen and oxygen atoms in total. The van der Waals surface area contributed by atoms with Crippen LogP contribution < -0.4 is 10.6 Å². The number of carbonyl (C=O) groups is 1. The quantitative estimate of drug-likeness (QED) is 0.761. The molecule has 146 valence electrons. The molecular formula is C17H26ClN3O4S. The lowest BCUT2D eigenvalue weighted by Gasteiger charge is -2.26. The largest absolute Gasteiger partial charge is 0.379 e. The second-order valence-electron chi connectivity index (χ2n) is 6.47. The van der Waals surface area contributed by atoms with Crippen molar-refractivity contribution in [1.82, 2.24) is 14.9 Å². The third kappa shape index (κ3) is 5.17. The van der Waals surface area contributed by atoms with E-state index in [-0.39, 0.29) is 23.2 Å². The van der Waals surface area contributed by atoms with Crippen molar-refractivity contribution >= 4 is 28.3 Å². The number of morpholine rings is 1. The van der Waals surface area contributed by atoms with Crippen LogP contribution in [0.4, 0.5) is 0 Å². The molecule has 2 heterocycles. The monoisotopic (exact) mass is 403 g/mol. The van der Waals surface area contributed by atoms with Gasteiger partial charge in [-0.3, -0.25) is 4.79 Å². The second kappa shape index (κ2) is 9.66. The van der Waals surface area contributed by atoms with E-state index < -0.39 is 10.0 Å². The number of amides is 1. The van der Waals surface area contributed by atoms with E-state index in [1.165, 1.54) is 16.4 Å². The molecule has 0 saturated carbocycles. The fourth-order valence-electron chi connectivity index (χ4n) is 3.17. The molecule has 0 radical (unpaired) electrons. The number of hydrogen-bond acceptors (Lipinski definition) is 5. The van der Waals surface area contributed by atoms with Crippen LogP contribution >= 0.6 is 12.4 Å². The van der Waals surface area contributed by atoms with Crippen LogP contribution in [0.25, 0.3) is 0 Å². The fraction of sp³-hybridized carbons (Fsp3) is 0.588. The van der Waals surface area contributed by atoms with Gasteiger partial charge in [-0.1, -0.05) is 6.07 Å². The molecule has 1 aromatic carbocycles. The first-order valence-electron chi connectivity index (χ1n) is 8.74. The van der Waals surface area contributed by atoms with Gasteiger partial charge >= 0.3 is 0 Å². The summed E-state index contributed by atoms with van der Waals surface area (Å²) < 4.78 is 32.0. The standard InChI is InChI=1S/C17H25N3O4S.ClH/c21-17(19-13-14-3-2-6-18-12-14)15-4-1-5-16(11-15)25(22,23)20-7-9-24-10-8-20;/h1,4-5,11,14,18H,2-3,6-10,12-13H2,(H,19,21);1H. The van der Waals surface area contributed by atoms with Crippen LogP contribution in [-0.4, -0.2) is 64.6 Å². The van der Waals surface area contributed by atoms with Crippen LogP contribution in [0.5, 0.6) is 0 Å². The zero-order chi connectivity index (χ0) is 17.7. The van der Waals surface area contributed by atoms with Gasteiger partial charge in [0, 0.05) is 25.2 Å². The molecule has 0 aromatic heterocycles. The van der Waals surface area contributed by atoms with E-state index in [2.05, 4.69) is 10.6 Å². The Bertz CT molecular complexity index is 702. The molecule has 0 spiro atoms. The van der Waals surface area contributed by atoms with Crippen molar-refractivity contribution in [3.05, 3.63) is 29.8 Å². The van der Waals surface area contributed by atoms with Crippen LogP contribution in [0.15, 0.2) is 29.2 Å². The molecule has 2 N–H and O–H groups in total. The van der Waals surface area contributed by atoms with Crippen molar-refractivity contribution in [2.24, 2.45) is 5.92 Å². The number of ether oxygens (including phenoxy) is 1. The number of sulfonamides is 1. The molecule has 1 aromatic rings. The van der Waals surface area contributed by atoms with E-state index in [0.717, 1.165) is 25.9 Å². The molecular weight excluding hydrogens is 378 g/mol. The highest BCUT2D eigenvalue weighted by Crippen LogP contribution is 2.18. The van der Waals surface area contributed by atoms with Gasteiger partial charge < -0.3 is 15.4 Å². The minimum absolute atomic E-state index is 0. The zero-order valence-corrected chi connectivity index (χ0v) is 16.3. The second-order valence-corrected chi connectivity index (χ2v) is 8.40. The van der Waals surface area contributed by atoms with Crippen LogP contribution in [0, 0.1) is 5.92 Å². The molecule has 1 unspecified atom stereocenters. The Kier molecular flexibility index (Phi) is 7.85. The highest BCUT2D eigenvalue weighted by atomic mass is 35.5. The third-order valence-corrected chi connectivity index (χ3v) is 6.55. The molecule has 2 fully saturated rings.